The van der Waals surface area contributed by atoms with Gasteiger partial charge in [0.15, 0.2) is 0 Å². The fourth-order valence-corrected chi connectivity index (χ4v) is 5.11. The van der Waals surface area contributed by atoms with Crippen LogP contribution in [0.25, 0.3) is 11.1 Å². The lowest BCUT2D eigenvalue weighted by atomic mass is 9.88. The van der Waals surface area contributed by atoms with E-state index in [1.807, 2.05) is 31.2 Å². The number of nitrogens with zero attached hydrogens (tertiary/aromatic N) is 2. The number of hydrogen-bond acceptors (Lipinski definition) is 3. The third-order valence-electron chi connectivity index (χ3n) is 6.90. The van der Waals surface area contributed by atoms with Crippen LogP contribution in [0.2, 0.25) is 0 Å². The molecule has 0 radical (unpaired) electrons. The van der Waals surface area contributed by atoms with Crippen LogP contribution >= 0.6 is 0 Å². The van der Waals surface area contributed by atoms with Crippen molar-refractivity contribution in [3.8, 4) is 11.1 Å². The van der Waals surface area contributed by atoms with Gasteiger partial charge in [0.05, 0.1) is 17.8 Å². The van der Waals surface area contributed by atoms with Crippen molar-refractivity contribution in [3.05, 3.63) is 81.5 Å². The molecule has 35 heavy (non-hydrogen) atoms. The first kappa shape index (κ1) is 24.6. The molecule has 1 aliphatic rings. The average Bonchev–Trinajstić information content (AvgIpc) is 3.15. The van der Waals surface area contributed by atoms with E-state index in [0.717, 1.165) is 54.2 Å². The molecule has 7 heteroatoms. The van der Waals surface area contributed by atoms with Crippen molar-refractivity contribution in [2.75, 3.05) is 0 Å². The number of carbonyl (C=O) groups is 2. The number of imidazole rings is 1. The molecular weight excluding hydrogens is 447 g/mol. The third-order valence-corrected chi connectivity index (χ3v) is 6.90. The Morgan fingerprint density at radius 3 is 2.31 bits per heavy atom. The van der Waals surface area contributed by atoms with Gasteiger partial charge in [0.1, 0.15) is 6.67 Å². The summed E-state index contributed by atoms with van der Waals surface area (Å²) < 4.78 is 16.8. The number of aromatic nitrogens is 2. The van der Waals surface area contributed by atoms with Gasteiger partial charge in [0.2, 0.25) is 5.91 Å². The van der Waals surface area contributed by atoms with E-state index in [2.05, 4.69) is 0 Å². The van der Waals surface area contributed by atoms with Crippen molar-refractivity contribution in [2.24, 2.45) is 5.92 Å². The Labute approximate surface area is 204 Å². The lowest BCUT2D eigenvalue weighted by Crippen LogP contribution is -2.35. The second-order valence-electron chi connectivity index (χ2n) is 9.20. The molecule has 1 fully saturated rings. The molecule has 1 heterocycles. The summed E-state index contributed by atoms with van der Waals surface area (Å²) in [5.74, 6) is -1.51. The highest BCUT2D eigenvalue weighted by atomic mass is 19.1. The predicted octanol–water partition coefficient (Wildman–Crippen LogP) is 5.71. The maximum Gasteiger partial charge on any atom is 0.336 e. The molecule has 0 aliphatic heterocycles. The summed E-state index contributed by atoms with van der Waals surface area (Å²) in [5.41, 5.74) is 2.67. The highest BCUT2D eigenvalue weighted by Gasteiger charge is 2.29. The van der Waals surface area contributed by atoms with Gasteiger partial charge in [0, 0.05) is 11.6 Å². The molecule has 0 amide bonds. The fraction of sp³-hybridized carbons (Fsp3) is 0.393. The quantitative estimate of drug-likeness (QED) is 0.450. The molecule has 1 N–H and O–H groups in total. The number of carboxylic acids is 1. The van der Waals surface area contributed by atoms with Gasteiger partial charge in [-0.05, 0) is 42.0 Å². The van der Waals surface area contributed by atoms with Crippen LogP contribution in [-0.4, -0.2) is 26.1 Å². The number of carbonyl (C=O) groups excluding carboxylic acids is 1. The molecule has 4 rings (SSSR count). The zero-order valence-electron chi connectivity index (χ0n) is 20.0. The van der Waals surface area contributed by atoms with Crippen LogP contribution in [0.3, 0.4) is 0 Å². The fourth-order valence-electron chi connectivity index (χ4n) is 5.11. The van der Waals surface area contributed by atoms with Crippen molar-refractivity contribution in [1.29, 1.82) is 0 Å². The summed E-state index contributed by atoms with van der Waals surface area (Å²) in [5, 5.41) is 9.48. The van der Waals surface area contributed by atoms with Gasteiger partial charge in [-0.3, -0.25) is 9.36 Å². The molecule has 0 spiro atoms. The molecule has 2 aromatic carbocycles. The van der Waals surface area contributed by atoms with Gasteiger partial charge in [0.25, 0.3) is 0 Å². The van der Waals surface area contributed by atoms with Crippen molar-refractivity contribution in [3.63, 3.8) is 0 Å². The Bertz CT molecular complexity index is 1270. The Balaban J connectivity index is 1.68. The number of benzene rings is 2. The molecule has 0 atom stereocenters. The van der Waals surface area contributed by atoms with Gasteiger partial charge in [-0.1, -0.05) is 75.1 Å². The molecular formula is C28H31FN2O4. The van der Waals surface area contributed by atoms with E-state index >= 15 is 0 Å². The molecule has 1 aromatic heterocycles. The number of aromatic carboxylic acids is 1. The van der Waals surface area contributed by atoms with Crippen LogP contribution < -0.4 is 5.69 Å². The van der Waals surface area contributed by atoms with Gasteiger partial charge in [-0.2, -0.15) is 0 Å². The summed E-state index contributed by atoms with van der Waals surface area (Å²) in [6.45, 7) is 1.32. The minimum absolute atomic E-state index is 0.180. The number of rotatable bonds is 8. The van der Waals surface area contributed by atoms with Crippen LogP contribution in [0.5, 0.6) is 0 Å². The predicted molar refractivity (Wildman–Crippen MR) is 133 cm³/mol. The van der Waals surface area contributed by atoms with E-state index in [-0.39, 0.29) is 29.6 Å². The van der Waals surface area contributed by atoms with E-state index in [1.54, 1.807) is 24.3 Å². The Kier molecular flexibility index (Phi) is 7.63. The van der Waals surface area contributed by atoms with E-state index < -0.39 is 18.3 Å². The van der Waals surface area contributed by atoms with Crippen LogP contribution in [-0.2, 0) is 19.6 Å². The second kappa shape index (κ2) is 10.8. The van der Waals surface area contributed by atoms with Crippen molar-refractivity contribution < 1.29 is 19.1 Å². The van der Waals surface area contributed by atoms with E-state index in [4.69, 9.17) is 0 Å². The largest absolute Gasteiger partial charge is 0.478 e. The van der Waals surface area contributed by atoms with Crippen LogP contribution in [0, 0.1) is 5.92 Å². The Morgan fingerprint density at radius 1 is 1.00 bits per heavy atom. The van der Waals surface area contributed by atoms with Crippen LogP contribution in [0.4, 0.5) is 4.39 Å². The number of hydrogen-bond donors (Lipinski definition) is 1. The van der Waals surface area contributed by atoms with Gasteiger partial charge >= 0.3 is 11.7 Å². The molecule has 0 unspecified atom stereocenters. The zero-order chi connectivity index (χ0) is 24.9. The second-order valence-corrected chi connectivity index (χ2v) is 9.20. The van der Waals surface area contributed by atoms with Crippen molar-refractivity contribution in [2.45, 2.75) is 65.1 Å². The average molecular weight is 479 g/mol. The zero-order valence-corrected chi connectivity index (χ0v) is 20.0. The molecule has 1 aliphatic carbocycles. The van der Waals surface area contributed by atoms with E-state index in [1.165, 1.54) is 4.57 Å². The first-order chi connectivity index (χ1) is 17.0. The standard InChI is InChI=1S/C28H31FN2O4/c1-2-8-24-25(17-29)31(26(32)21-9-4-3-5-10-21)28(35)30(24)18-19-13-15-20(16-14-19)22-11-6-7-12-23(22)27(33)34/h6-7,11-16,21H,2-5,8-10,17-18H2,1H3,(H,33,34). The monoisotopic (exact) mass is 478 g/mol. The summed E-state index contributed by atoms with van der Waals surface area (Å²) in [7, 11) is 0. The molecule has 0 saturated heterocycles. The minimum atomic E-state index is -0.997. The van der Waals surface area contributed by atoms with Crippen molar-refractivity contribution in [1.82, 2.24) is 9.13 Å². The van der Waals surface area contributed by atoms with E-state index in [0.29, 0.717) is 17.7 Å². The van der Waals surface area contributed by atoms with Gasteiger partial charge in [-0.25, -0.2) is 18.5 Å². The topological polar surface area (TPSA) is 81.3 Å². The third kappa shape index (κ3) is 4.99. The first-order valence-corrected chi connectivity index (χ1v) is 12.3. The van der Waals surface area contributed by atoms with E-state index in [9.17, 15) is 23.9 Å². The van der Waals surface area contributed by atoms with Crippen LogP contribution in [0.1, 0.15) is 77.6 Å². The maximum atomic E-state index is 14.2. The van der Waals surface area contributed by atoms with Crippen molar-refractivity contribution >= 4 is 11.9 Å². The maximum absolute atomic E-state index is 14.2. The van der Waals surface area contributed by atoms with Gasteiger partial charge in [-0.15, -0.1) is 0 Å². The van der Waals surface area contributed by atoms with Gasteiger partial charge < -0.3 is 5.11 Å². The smallest absolute Gasteiger partial charge is 0.336 e. The molecule has 0 bridgehead atoms. The SMILES string of the molecule is CCCc1c(CF)n(C(=O)C2CCCCC2)c(=O)n1Cc1ccc(-c2ccccc2C(=O)O)cc1. The Hall–Kier alpha value is -3.48. The summed E-state index contributed by atoms with van der Waals surface area (Å²) in [6.07, 6.45) is 5.70. The summed E-state index contributed by atoms with van der Waals surface area (Å²) in [6, 6.07) is 14.1. The number of halogens is 1. The molecule has 184 valence electrons. The molecule has 6 nitrogen and oxygen atoms in total. The highest BCUT2D eigenvalue weighted by molar-refractivity contribution is 5.96. The normalized spacial score (nSPS) is 14.2. The van der Waals surface area contributed by atoms with Crippen LogP contribution in [0.15, 0.2) is 53.3 Å². The minimum Gasteiger partial charge on any atom is -0.478 e. The highest BCUT2D eigenvalue weighted by Crippen LogP contribution is 2.27. The summed E-state index contributed by atoms with van der Waals surface area (Å²) >= 11 is 0. The lowest BCUT2D eigenvalue weighted by Gasteiger charge is -2.20. The summed E-state index contributed by atoms with van der Waals surface area (Å²) in [4.78, 5) is 38.2. The Morgan fingerprint density at radius 2 is 1.69 bits per heavy atom. The number of alkyl halides is 1. The first-order valence-electron chi connectivity index (χ1n) is 12.3. The molecule has 3 aromatic rings. The molecule has 1 saturated carbocycles. The number of carboxylic acid groups (broad SMARTS) is 1. The lowest BCUT2D eigenvalue weighted by molar-refractivity contribution is 0.0697.